The Balaban J connectivity index is 4.24. The fraction of sp³-hybridized carbons (Fsp3) is 0.686. The predicted octanol–water partition coefficient (Wildman–Crippen LogP) is 20.1. The Bertz CT molecular complexity index is 1760. The van der Waals surface area contributed by atoms with E-state index in [-0.39, 0.29) is 26.1 Å². The van der Waals surface area contributed by atoms with Crippen molar-refractivity contribution in [3.8, 4) is 0 Å². The van der Waals surface area contributed by atoms with E-state index >= 15 is 0 Å². The van der Waals surface area contributed by atoms with Crippen molar-refractivity contribution in [3.63, 3.8) is 0 Å². The fourth-order valence-corrected chi connectivity index (χ4v) is 9.30. The molecule has 0 amide bonds. The van der Waals surface area contributed by atoms with Gasteiger partial charge in [0.15, 0.2) is 6.10 Å². The number of phosphoric ester groups is 1. The highest BCUT2D eigenvalue weighted by Crippen LogP contribution is 2.38. The second-order valence-electron chi connectivity index (χ2n) is 22.4. The molecule has 0 heterocycles. The van der Waals surface area contributed by atoms with E-state index in [1.54, 1.807) is 0 Å². The molecule has 458 valence electrons. The number of phosphoric acid groups is 1. The van der Waals surface area contributed by atoms with Gasteiger partial charge in [-0.15, -0.1) is 0 Å². The van der Waals surface area contributed by atoms with Gasteiger partial charge in [0.25, 0.3) is 7.82 Å². The van der Waals surface area contributed by atoms with E-state index in [9.17, 15) is 19.0 Å². The van der Waals surface area contributed by atoms with Gasteiger partial charge in [-0.3, -0.25) is 14.2 Å². The summed E-state index contributed by atoms with van der Waals surface area (Å²) in [5, 5.41) is 0. The third-order valence-electron chi connectivity index (χ3n) is 13.5. The van der Waals surface area contributed by atoms with Crippen LogP contribution in [0.4, 0.5) is 0 Å². The number of carbonyl (C=O) groups excluding carboxylic acids is 2. The molecule has 0 aromatic heterocycles. The second-order valence-corrected chi connectivity index (χ2v) is 23.8. The lowest BCUT2D eigenvalue weighted by atomic mass is 10.0. The maximum Gasteiger partial charge on any atom is 0.306 e. The first-order valence-electron chi connectivity index (χ1n) is 32.2. The van der Waals surface area contributed by atoms with Gasteiger partial charge in [-0.2, -0.15) is 0 Å². The summed E-state index contributed by atoms with van der Waals surface area (Å²) in [5.41, 5.74) is 0. The van der Waals surface area contributed by atoms with Gasteiger partial charge >= 0.3 is 11.9 Å². The Morgan fingerprint density at radius 2 is 0.713 bits per heavy atom. The molecule has 0 spiro atoms. The lowest BCUT2D eigenvalue weighted by Gasteiger charge is -2.28. The minimum Gasteiger partial charge on any atom is -0.756 e. The van der Waals surface area contributed by atoms with Gasteiger partial charge in [0.2, 0.25) is 0 Å². The van der Waals surface area contributed by atoms with Crippen LogP contribution in [0.1, 0.15) is 258 Å². The number of esters is 2. The molecule has 0 saturated carbocycles. The van der Waals surface area contributed by atoms with E-state index in [1.807, 2.05) is 21.1 Å². The van der Waals surface area contributed by atoms with Crippen molar-refractivity contribution < 1.29 is 42.1 Å². The molecule has 0 fully saturated rings. The molecule has 0 saturated heterocycles. The minimum absolute atomic E-state index is 0.0445. The number of unbranched alkanes of at least 4 members (excludes halogenated alkanes) is 24. The first-order valence-corrected chi connectivity index (χ1v) is 33.7. The lowest BCUT2D eigenvalue weighted by Crippen LogP contribution is -2.37. The number of quaternary nitrogens is 1. The topological polar surface area (TPSA) is 111 Å². The fourth-order valence-electron chi connectivity index (χ4n) is 8.57. The third-order valence-corrected chi connectivity index (χ3v) is 14.5. The van der Waals surface area contributed by atoms with Crippen molar-refractivity contribution in [2.45, 2.75) is 264 Å². The average molecular weight is 1130 g/mol. The van der Waals surface area contributed by atoms with Crippen LogP contribution in [0.15, 0.2) is 122 Å². The Labute approximate surface area is 492 Å². The molecular formula is C70H120NO8P. The highest BCUT2D eigenvalue weighted by atomic mass is 31.2. The summed E-state index contributed by atoms with van der Waals surface area (Å²) in [6, 6.07) is 0. The van der Waals surface area contributed by atoms with Crippen LogP contribution in [0.3, 0.4) is 0 Å². The van der Waals surface area contributed by atoms with Crippen molar-refractivity contribution in [3.05, 3.63) is 122 Å². The van der Waals surface area contributed by atoms with E-state index in [2.05, 4.69) is 135 Å². The van der Waals surface area contributed by atoms with Crippen LogP contribution in [0.5, 0.6) is 0 Å². The molecule has 0 radical (unpaired) electrons. The van der Waals surface area contributed by atoms with Gasteiger partial charge < -0.3 is 27.9 Å². The Kier molecular flexibility index (Phi) is 57.3. The van der Waals surface area contributed by atoms with Gasteiger partial charge in [0.05, 0.1) is 27.7 Å². The summed E-state index contributed by atoms with van der Waals surface area (Å²) in [6.45, 7) is 4.09. The quantitative estimate of drug-likeness (QED) is 0.0195. The molecule has 10 heteroatoms. The van der Waals surface area contributed by atoms with Crippen molar-refractivity contribution in [2.24, 2.45) is 0 Å². The van der Waals surface area contributed by atoms with E-state index < -0.39 is 32.5 Å². The molecule has 0 bridgehead atoms. The maximum absolute atomic E-state index is 12.8. The number of likely N-dealkylation sites (N-methyl/N-ethyl adjacent to an activating group) is 1. The predicted molar refractivity (Wildman–Crippen MR) is 341 cm³/mol. The van der Waals surface area contributed by atoms with Gasteiger partial charge in [0.1, 0.15) is 19.8 Å². The highest BCUT2D eigenvalue weighted by Gasteiger charge is 2.22. The molecule has 2 atom stereocenters. The lowest BCUT2D eigenvalue weighted by molar-refractivity contribution is -0.870. The third kappa shape index (κ3) is 63.6. The van der Waals surface area contributed by atoms with Crippen molar-refractivity contribution >= 4 is 19.8 Å². The van der Waals surface area contributed by atoms with E-state index in [0.29, 0.717) is 17.4 Å². The molecule has 0 aliphatic rings. The zero-order valence-corrected chi connectivity index (χ0v) is 52.9. The smallest absolute Gasteiger partial charge is 0.306 e. The van der Waals surface area contributed by atoms with E-state index in [1.165, 1.54) is 128 Å². The van der Waals surface area contributed by atoms with Crippen LogP contribution in [0, 0.1) is 0 Å². The first-order chi connectivity index (χ1) is 39.0. The zero-order valence-electron chi connectivity index (χ0n) is 52.0. The van der Waals surface area contributed by atoms with Gasteiger partial charge in [-0.1, -0.05) is 277 Å². The molecule has 0 rings (SSSR count). The summed E-state index contributed by atoms with van der Waals surface area (Å²) >= 11 is 0. The number of hydrogen-bond donors (Lipinski definition) is 0. The molecule has 0 aliphatic heterocycles. The first kappa shape index (κ1) is 76.4. The maximum atomic E-state index is 12.8. The summed E-state index contributed by atoms with van der Waals surface area (Å²) in [6.07, 6.45) is 85.5. The van der Waals surface area contributed by atoms with E-state index in [4.69, 9.17) is 18.5 Å². The zero-order chi connectivity index (χ0) is 58.4. The number of carbonyl (C=O) groups is 2. The Morgan fingerprint density at radius 3 is 1.06 bits per heavy atom. The summed E-state index contributed by atoms with van der Waals surface area (Å²) < 4.78 is 34.2. The van der Waals surface area contributed by atoms with Gasteiger partial charge in [0, 0.05) is 12.8 Å². The van der Waals surface area contributed by atoms with Crippen molar-refractivity contribution in [1.82, 2.24) is 0 Å². The summed E-state index contributed by atoms with van der Waals surface area (Å²) in [7, 11) is 1.13. The van der Waals surface area contributed by atoms with Crippen LogP contribution >= 0.6 is 7.82 Å². The summed E-state index contributed by atoms with van der Waals surface area (Å²) in [4.78, 5) is 38.0. The molecular weight excluding hydrogens is 1010 g/mol. The normalized spacial score (nSPS) is 14.0. The average Bonchev–Trinajstić information content (AvgIpc) is 3.42. The van der Waals surface area contributed by atoms with Gasteiger partial charge in [-0.05, 0) is 89.9 Å². The van der Waals surface area contributed by atoms with E-state index in [0.717, 1.165) is 96.3 Å². The molecule has 9 nitrogen and oxygen atoms in total. The molecule has 0 aromatic rings. The van der Waals surface area contributed by atoms with Crippen molar-refractivity contribution in [2.75, 3.05) is 47.5 Å². The minimum atomic E-state index is -4.66. The Morgan fingerprint density at radius 1 is 0.400 bits per heavy atom. The number of hydrogen-bond acceptors (Lipinski definition) is 8. The monoisotopic (exact) mass is 1130 g/mol. The number of allylic oxidation sites excluding steroid dienone is 20. The molecule has 2 unspecified atom stereocenters. The summed E-state index contributed by atoms with van der Waals surface area (Å²) in [5.74, 6) is -0.884. The molecule has 0 N–H and O–H groups in total. The highest BCUT2D eigenvalue weighted by molar-refractivity contribution is 7.45. The Hall–Kier alpha value is -3.59. The van der Waals surface area contributed by atoms with Gasteiger partial charge in [-0.25, -0.2) is 0 Å². The standard InChI is InChI=1S/C70H120NO8P/c1-6-8-10-12-14-16-18-20-22-24-26-28-30-31-32-33-34-35-36-37-38-39-41-43-45-47-49-51-53-55-57-59-61-63-70(73)79-68(67-78-80(74,75)77-65-64-71(3,4)5)66-76-69(72)62-60-58-56-54-52-50-48-46-44-42-40-29-27-25-23-21-19-17-15-13-11-9-7-2/h8,10,14,16,20,22,26,28,31-32,34-35,37-38,41,43,47,49,53,55,68H,6-7,9,11-13,15,17-19,21,23-25,27,29-30,33,36,39-40,42,44-46,48,50-52,54,56-67H2,1-5H3/b10-8-,16-14-,22-20-,28-26-,32-31-,35-34-,38-37-,43-41-,49-47-,55-53-. The SMILES string of the molecule is CC/C=C\C/C=C\C/C=C\C/C=C\C/C=C\C/C=C\C/C=C\C/C=C\C/C=C\C/C=C\CCCCC(=O)OC(COC(=O)CCCCCCCCCCCCCCCCCCCCCCCCC)COP(=O)([O-])OCC[N+](C)(C)C. The molecule has 0 aromatic carbocycles. The van der Waals surface area contributed by atoms with Crippen LogP contribution in [-0.2, 0) is 32.7 Å². The van der Waals surface area contributed by atoms with Crippen LogP contribution in [0.25, 0.3) is 0 Å². The van der Waals surface area contributed by atoms with Crippen molar-refractivity contribution in [1.29, 1.82) is 0 Å². The second kappa shape index (κ2) is 60.0. The van der Waals surface area contributed by atoms with Crippen LogP contribution in [-0.4, -0.2) is 70.0 Å². The number of ether oxygens (including phenoxy) is 2. The molecule has 80 heavy (non-hydrogen) atoms. The van der Waals surface area contributed by atoms with Crippen LogP contribution in [0.2, 0.25) is 0 Å². The molecule has 0 aliphatic carbocycles. The number of nitrogens with zero attached hydrogens (tertiary/aromatic N) is 1. The number of rotatable bonds is 58. The van der Waals surface area contributed by atoms with Crippen LogP contribution < -0.4 is 4.89 Å². The largest absolute Gasteiger partial charge is 0.756 e.